The summed E-state index contributed by atoms with van der Waals surface area (Å²) in [5.74, 6) is -1.03. The van der Waals surface area contributed by atoms with E-state index in [0.717, 1.165) is 5.56 Å². The van der Waals surface area contributed by atoms with Gasteiger partial charge in [0, 0.05) is 0 Å². The molecule has 1 aliphatic heterocycles. The molecule has 2 rings (SSSR count). The van der Waals surface area contributed by atoms with Crippen LogP contribution in [0.1, 0.15) is 18.9 Å². The number of amides is 4. The van der Waals surface area contributed by atoms with Crippen molar-refractivity contribution in [3.63, 3.8) is 0 Å². The first-order valence-corrected chi connectivity index (χ1v) is 6.21. The van der Waals surface area contributed by atoms with Gasteiger partial charge >= 0.3 is 6.03 Å². The number of barbiturate groups is 1. The molecule has 6 heteroatoms. The lowest BCUT2D eigenvalue weighted by molar-refractivity contribution is -0.144. The SMILES string of the molecule is CCC1(Cc2ccsc2)C(=O)NC(=O)NC1=O. The maximum Gasteiger partial charge on any atom is 0.328 e. The molecular weight excluding hydrogens is 240 g/mol. The fourth-order valence-corrected chi connectivity index (χ4v) is 2.60. The van der Waals surface area contributed by atoms with E-state index in [4.69, 9.17) is 0 Å². The van der Waals surface area contributed by atoms with E-state index in [1.807, 2.05) is 16.8 Å². The summed E-state index contributed by atoms with van der Waals surface area (Å²) in [5, 5.41) is 8.10. The highest BCUT2D eigenvalue weighted by Gasteiger charge is 2.48. The summed E-state index contributed by atoms with van der Waals surface area (Å²) in [4.78, 5) is 34.8. The molecule has 5 nitrogen and oxygen atoms in total. The van der Waals surface area contributed by atoms with Crippen LogP contribution < -0.4 is 10.6 Å². The van der Waals surface area contributed by atoms with Gasteiger partial charge in [0.2, 0.25) is 11.8 Å². The second-order valence-corrected chi connectivity index (χ2v) is 4.76. The van der Waals surface area contributed by atoms with Crippen LogP contribution in [0.15, 0.2) is 16.8 Å². The summed E-state index contributed by atoms with van der Waals surface area (Å²) in [6.07, 6.45) is 0.672. The molecule has 90 valence electrons. The van der Waals surface area contributed by atoms with Gasteiger partial charge in [-0.2, -0.15) is 11.3 Å². The minimum atomic E-state index is -1.17. The van der Waals surface area contributed by atoms with Gasteiger partial charge in [0.1, 0.15) is 5.41 Å². The van der Waals surface area contributed by atoms with E-state index in [1.54, 1.807) is 6.92 Å². The Labute approximate surface area is 102 Å². The number of rotatable bonds is 3. The van der Waals surface area contributed by atoms with Crippen molar-refractivity contribution in [2.24, 2.45) is 5.41 Å². The fourth-order valence-electron chi connectivity index (χ4n) is 1.93. The zero-order valence-corrected chi connectivity index (χ0v) is 10.1. The zero-order valence-electron chi connectivity index (χ0n) is 9.28. The minimum absolute atomic E-state index is 0.317. The number of hydrogen-bond acceptors (Lipinski definition) is 4. The highest BCUT2D eigenvalue weighted by Crippen LogP contribution is 2.30. The maximum atomic E-state index is 11.9. The smallest absolute Gasteiger partial charge is 0.277 e. The van der Waals surface area contributed by atoms with Crippen molar-refractivity contribution >= 4 is 29.2 Å². The lowest BCUT2D eigenvalue weighted by Gasteiger charge is -2.32. The third-order valence-corrected chi connectivity index (χ3v) is 3.75. The Bertz CT molecular complexity index is 447. The summed E-state index contributed by atoms with van der Waals surface area (Å²) in [6, 6.07) is 1.13. The van der Waals surface area contributed by atoms with E-state index in [2.05, 4.69) is 10.6 Å². The molecule has 1 fully saturated rings. The Hall–Kier alpha value is -1.69. The fraction of sp³-hybridized carbons (Fsp3) is 0.364. The molecule has 1 aromatic heterocycles. The molecule has 0 radical (unpaired) electrons. The van der Waals surface area contributed by atoms with Crippen molar-refractivity contribution in [2.75, 3.05) is 0 Å². The maximum absolute atomic E-state index is 11.9. The average molecular weight is 252 g/mol. The summed E-state index contributed by atoms with van der Waals surface area (Å²) < 4.78 is 0. The zero-order chi connectivity index (χ0) is 12.5. The first-order chi connectivity index (χ1) is 8.08. The summed E-state index contributed by atoms with van der Waals surface area (Å²) in [7, 11) is 0. The molecule has 1 saturated heterocycles. The molecule has 17 heavy (non-hydrogen) atoms. The average Bonchev–Trinajstić information content (AvgIpc) is 2.76. The van der Waals surface area contributed by atoms with Crippen LogP contribution in [-0.2, 0) is 16.0 Å². The molecule has 2 heterocycles. The van der Waals surface area contributed by atoms with Gasteiger partial charge in [-0.15, -0.1) is 0 Å². The molecule has 0 bridgehead atoms. The quantitative estimate of drug-likeness (QED) is 0.790. The molecular formula is C11H12N2O3S. The van der Waals surface area contributed by atoms with Gasteiger partial charge in [-0.3, -0.25) is 20.2 Å². The molecule has 0 saturated carbocycles. The first-order valence-electron chi connectivity index (χ1n) is 5.26. The molecule has 0 spiro atoms. The highest BCUT2D eigenvalue weighted by molar-refractivity contribution is 7.07. The molecule has 0 unspecified atom stereocenters. The van der Waals surface area contributed by atoms with Gasteiger partial charge in [-0.1, -0.05) is 6.92 Å². The van der Waals surface area contributed by atoms with E-state index in [9.17, 15) is 14.4 Å². The van der Waals surface area contributed by atoms with Crippen molar-refractivity contribution in [1.82, 2.24) is 10.6 Å². The third kappa shape index (κ3) is 1.95. The number of imide groups is 2. The molecule has 0 aromatic carbocycles. The van der Waals surface area contributed by atoms with Gasteiger partial charge in [0.25, 0.3) is 0 Å². The Balaban J connectivity index is 2.32. The Kier molecular flexibility index (Phi) is 2.97. The Morgan fingerprint density at radius 2 is 1.88 bits per heavy atom. The highest BCUT2D eigenvalue weighted by atomic mass is 32.1. The topological polar surface area (TPSA) is 75.3 Å². The van der Waals surface area contributed by atoms with Crippen molar-refractivity contribution in [3.8, 4) is 0 Å². The van der Waals surface area contributed by atoms with E-state index >= 15 is 0 Å². The van der Waals surface area contributed by atoms with Crippen LogP contribution in [0.5, 0.6) is 0 Å². The van der Waals surface area contributed by atoms with Crippen LogP contribution in [-0.4, -0.2) is 17.8 Å². The number of nitrogens with one attached hydrogen (secondary N) is 2. The Morgan fingerprint density at radius 1 is 1.24 bits per heavy atom. The first kappa shape index (κ1) is 11.8. The standard InChI is InChI=1S/C11H12N2O3S/c1-2-11(5-7-3-4-17-6-7)8(14)12-10(16)13-9(11)15/h3-4,6H,2,5H2,1H3,(H2,12,13,14,15,16). The van der Waals surface area contributed by atoms with E-state index in [1.165, 1.54) is 11.3 Å². The van der Waals surface area contributed by atoms with Gasteiger partial charge in [0.15, 0.2) is 0 Å². The van der Waals surface area contributed by atoms with Crippen LogP contribution in [0.3, 0.4) is 0 Å². The lowest BCUT2D eigenvalue weighted by atomic mass is 9.77. The minimum Gasteiger partial charge on any atom is -0.277 e. The summed E-state index contributed by atoms with van der Waals surface area (Å²) in [6.45, 7) is 1.77. The second kappa shape index (κ2) is 4.29. The van der Waals surface area contributed by atoms with Crippen LogP contribution in [0.25, 0.3) is 0 Å². The number of urea groups is 1. The lowest BCUT2D eigenvalue weighted by Crippen LogP contribution is -2.62. The molecule has 1 aromatic rings. The van der Waals surface area contributed by atoms with Crippen LogP contribution in [0.4, 0.5) is 4.79 Å². The second-order valence-electron chi connectivity index (χ2n) is 3.98. The number of carbonyl (C=O) groups excluding carboxylic acids is 3. The van der Waals surface area contributed by atoms with Crippen LogP contribution in [0, 0.1) is 5.41 Å². The number of carbonyl (C=O) groups is 3. The van der Waals surface area contributed by atoms with E-state index in [0.29, 0.717) is 12.8 Å². The van der Waals surface area contributed by atoms with Gasteiger partial charge in [0.05, 0.1) is 0 Å². The predicted octanol–water partition coefficient (Wildman–Crippen LogP) is 1.05. The van der Waals surface area contributed by atoms with Crippen LogP contribution >= 0.6 is 11.3 Å². The number of thiophene rings is 1. The molecule has 0 aliphatic carbocycles. The molecule has 2 N–H and O–H groups in total. The van der Waals surface area contributed by atoms with Gasteiger partial charge in [-0.25, -0.2) is 4.79 Å². The molecule has 0 atom stereocenters. The normalized spacial score (nSPS) is 18.8. The van der Waals surface area contributed by atoms with Crippen molar-refractivity contribution in [3.05, 3.63) is 22.4 Å². The summed E-state index contributed by atoms with van der Waals surface area (Å²) in [5.41, 5.74) is -0.244. The number of hydrogen-bond donors (Lipinski definition) is 2. The van der Waals surface area contributed by atoms with E-state index in [-0.39, 0.29) is 0 Å². The third-order valence-electron chi connectivity index (χ3n) is 3.01. The van der Waals surface area contributed by atoms with Gasteiger partial charge in [-0.05, 0) is 35.2 Å². The van der Waals surface area contributed by atoms with E-state index < -0.39 is 23.3 Å². The monoisotopic (exact) mass is 252 g/mol. The van der Waals surface area contributed by atoms with Crippen LogP contribution in [0.2, 0.25) is 0 Å². The molecule has 4 amide bonds. The largest absolute Gasteiger partial charge is 0.328 e. The molecule has 1 aliphatic rings. The van der Waals surface area contributed by atoms with Crippen molar-refractivity contribution < 1.29 is 14.4 Å². The predicted molar refractivity (Wildman–Crippen MR) is 62.4 cm³/mol. The van der Waals surface area contributed by atoms with Gasteiger partial charge < -0.3 is 0 Å². The van der Waals surface area contributed by atoms with Crippen molar-refractivity contribution in [2.45, 2.75) is 19.8 Å². The van der Waals surface area contributed by atoms with Crippen molar-refractivity contribution in [1.29, 1.82) is 0 Å². The Morgan fingerprint density at radius 3 is 2.35 bits per heavy atom. The summed E-state index contributed by atoms with van der Waals surface area (Å²) >= 11 is 1.51.